The first-order chi connectivity index (χ1) is 13.3. The van der Waals surface area contributed by atoms with Gasteiger partial charge in [0.2, 0.25) is 0 Å². The number of rotatable bonds is 5. The smallest absolute Gasteiger partial charge is 0.251 e. The summed E-state index contributed by atoms with van der Waals surface area (Å²) in [6.45, 7) is 11.7. The van der Waals surface area contributed by atoms with E-state index in [9.17, 15) is 4.79 Å². The number of nitrogens with one attached hydrogen (secondary N) is 1. The van der Waals surface area contributed by atoms with Gasteiger partial charge in [0.1, 0.15) is 0 Å². The van der Waals surface area contributed by atoms with Crippen molar-refractivity contribution in [3.63, 3.8) is 0 Å². The van der Waals surface area contributed by atoms with E-state index in [0.717, 1.165) is 10.3 Å². The van der Waals surface area contributed by atoms with Gasteiger partial charge >= 0.3 is 0 Å². The fraction of sp³-hybridized carbons (Fsp3) is 0.400. The highest BCUT2D eigenvalue weighted by Gasteiger charge is 2.26. The molecule has 148 valence electrons. The SMILES string of the molecule is CCNC(=O)c1ccc2cc(/C=C(C)/C=C/C3=C(C)CCCC3(C)C)sc2c1. The number of fused-ring (bicyclic) bond motifs is 1. The van der Waals surface area contributed by atoms with Crippen LogP contribution in [-0.4, -0.2) is 12.5 Å². The van der Waals surface area contributed by atoms with Crippen LogP contribution in [0.1, 0.15) is 69.1 Å². The summed E-state index contributed by atoms with van der Waals surface area (Å²) in [5, 5.41) is 4.05. The lowest BCUT2D eigenvalue weighted by Crippen LogP contribution is -2.22. The topological polar surface area (TPSA) is 29.1 Å². The van der Waals surface area contributed by atoms with Crippen LogP contribution in [0.3, 0.4) is 0 Å². The molecule has 1 aliphatic rings. The third kappa shape index (κ3) is 4.64. The monoisotopic (exact) mass is 393 g/mol. The number of hydrogen-bond acceptors (Lipinski definition) is 2. The van der Waals surface area contributed by atoms with Crippen LogP contribution < -0.4 is 5.32 Å². The molecular weight excluding hydrogens is 362 g/mol. The zero-order chi connectivity index (χ0) is 20.3. The van der Waals surface area contributed by atoms with Crippen LogP contribution in [0.15, 0.2) is 53.1 Å². The van der Waals surface area contributed by atoms with Crippen molar-refractivity contribution >= 4 is 33.4 Å². The minimum absolute atomic E-state index is 0.00672. The highest BCUT2D eigenvalue weighted by molar-refractivity contribution is 7.19. The molecule has 1 aliphatic carbocycles. The number of benzene rings is 1. The highest BCUT2D eigenvalue weighted by atomic mass is 32.1. The van der Waals surface area contributed by atoms with Gasteiger partial charge in [-0.15, -0.1) is 11.3 Å². The zero-order valence-electron chi connectivity index (χ0n) is 17.7. The minimum Gasteiger partial charge on any atom is -0.352 e. The predicted molar refractivity (Wildman–Crippen MR) is 123 cm³/mol. The van der Waals surface area contributed by atoms with Crippen LogP contribution >= 0.6 is 11.3 Å². The number of carbonyl (C=O) groups excluding carboxylic acids is 1. The molecule has 1 aromatic carbocycles. The number of allylic oxidation sites excluding steroid dienone is 5. The van der Waals surface area contributed by atoms with Crippen molar-refractivity contribution in [1.29, 1.82) is 0 Å². The van der Waals surface area contributed by atoms with Crippen LogP contribution in [0.4, 0.5) is 0 Å². The van der Waals surface area contributed by atoms with Gasteiger partial charge < -0.3 is 5.32 Å². The molecule has 0 spiro atoms. The molecule has 0 atom stereocenters. The molecule has 1 N–H and O–H groups in total. The lowest BCUT2D eigenvalue weighted by Gasteiger charge is -2.32. The zero-order valence-corrected chi connectivity index (χ0v) is 18.5. The summed E-state index contributed by atoms with van der Waals surface area (Å²) < 4.78 is 1.15. The van der Waals surface area contributed by atoms with Crippen molar-refractivity contribution in [1.82, 2.24) is 5.32 Å². The summed E-state index contributed by atoms with van der Waals surface area (Å²) in [5.74, 6) is -0.00672. The molecule has 1 amide bonds. The van der Waals surface area contributed by atoms with Gasteiger partial charge in [0.05, 0.1) is 0 Å². The standard InChI is InChI=1S/C25H31NOS/c1-6-26-24(27)20-11-10-19-15-21(28-23(19)16-20)14-17(2)9-12-22-18(3)8-7-13-25(22,4)5/h9-12,14-16H,6-8,13H2,1-5H3,(H,26,27)/b12-9+,17-14+. The van der Waals surface area contributed by atoms with Crippen LogP contribution in [0.5, 0.6) is 0 Å². The van der Waals surface area contributed by atoms with E-state index in [1.54, 1.807) is 11.3 Å². The number of carbonyl (C=O) groups is 1. The van der Waals surface area contributed by atoms with Gasteiger partial charge in [-0.05, 0) is 86.3 Å². The Morgan fingerprint density at radius 3 is 2.79 bits per heavy atom. The van der Waals surface area contributed by atoms with E-state index < -0.39 is 0 Å². The van der Waals surface area contributed by atoms with E-state index in [0.29, 0.717) is 6.54 Å². The van der Waals surface area contributed by atoms with Crippen molar-refractivity contribution < 1.29 is 4.79 Å². The summed E-state index contributed by atoms with van der Waals surface area (Å²) in [6, 6.07) is 8.14. The first-order valence-electron chi connectivity index (χ1n) is 10.2. The molecule has 1 heterocycles. The average Bonchev–Trinajstić information content (AvgIpc) is 3.02. The Morgan fingerprint density at radius 2 is 2.07 bits per heavy atom. The van der Waals surface area contributed by atoms with Gasteiger partial charge in [-0.3, -0.25) is 4.79 Å². The molecule has 0 radical (unpaired) electrons. The number of thiophene rings is 1. The second-order valence-electron chi connectivity index (χ2n) is 8.41. The summed E-state index contributed by atoms with van der Waals surface area (Å²) in [6.07, 6.45) is 10.6. The van der Waals surface area contributed by atoms with E-state index in [-0.39, 0.29) is 11.3 Å². The lowest BCUT2D eigenvalue weighted by molar-refractivity contribution is 0.0956. The third-order valence-electron chi connectivity index (χ3n) is 5.56. The Bertz CT molecular complexity index is 972. The number of amides is 1. The van der Waals surface area contributed by atoms with Crippen molar-refractivity contribution in [3.05, 3.63) is 63.6 Å². The molecule has 1 aromatic heterocycles. The summed E-state index contributed by atoms with van der Waals surface area (Å²) in [7, 11) is 0. The van der Waals surface area contributed by atoms with Gasteiger partial charge in [0.25, 0.3) is 5.91 Å². The van der Waals surface area contributed by atoms with E-state index in [1.165, 1.54) is 46.2 Å². The van der Waals surface area contributed by atoms with Crippen LogP contribution in [0, 0.1) is 5.41 Å². The largest absolute Gasteiger partial charge is 0.352 e. The molecule has 0 unspecified atom stereocenters. The molecule has 3 rings (SSSR count). The van der Waals surface area contributed by atoms with Crippen molar-refractivity contribution in [2.45, 2.75) is 53.9 Å². The highest BCUT2D eigenvalue weighted by Crippen LogP contribution is 2.40. The molecule has 0 aliphatic heterocycles. The summed E-state index contributed by atoms with van der Waals surface area (Å²) in [5.41, 5.74) is 5.27. The summed E-state index contributed by atoms with van der Waals surface area (Å²) >= 11 is 1.73. The maximum atomic E-state index is 12.1. The van der Waals surface area contributed by atoms with Gasteiger partial charge in [0, 0.05) is 21.7 Å². The van der Waals surface area contributed by atoms with E-state index in [2.05, 4.69) is 57.3 Å². The molecule has 28 heavy (non-hydrogen) atoms. The van der Waals surface area contributed by atoms with Crippen molar-refractivity contribution in [2.24, 2.45) is 5.41 Å². The minimum atomic E-state index is -0.00672. The third-order valence-corrected chi connectivity index (χ3v) is 6.61. The van der Waals surface area contributed by atoms with Gasteiger partial charge in [-0.25, -0.2) is 0 Å². The Hall–Kier alpha value is -2.13. The molecule has 0 saturated heterocycles. The number of hydrogen-bond donors (Lipinski definition) is 1. The first-order valence-corrected chi connectivity index (χ1v) is 11.0. The second-order valence-corrected chi connectivity index (χ2v) is 9.53. The maximum absolute atomic E-state index is 12.1. The Balaban J connectivity index is 1.82. The first kappa shape index (κ1) is 20.6. The van der Waals surface area contributed by atoms with Gasteiger partial charge in [-0.1, -0.05) is 37.6 Å². The quantitative estimate of drug-likeness (QED) is 0.537. The van der Waals surface area contributed by atoms with Crippen LogP contribution in [-0.2, 0) is 0 Å². The Labute approximate surface area is 173 Å². The van der Waals surface area contributed by atoms with Crippen LogP contribution in [0.25, 0.3) is 16.2 Å². The van der Waals surface area contributed by atoms with Crippen molar-refractivity contribution in [3.8, 4) is 0 Å². The van der Waals surface area contributed by atoms with Crippen LogP contribution in [0.2, 0.25) is 0 Å². The van der Waals surface area contributed by atoms with E-state index in [4.69, 9.17) is 0 Å². The maximum Gasteiger partial charge on any atom is 0.251 e. The molecular formula is C25H31NOS. The average molecular weight is 394 g/mol. The summed E-state index contributed by atoms with van der Waals surface area (Å²) in [4.78, 5) is 13.3. The molecule has 2 aromatic rings. The normalized spacial score (nSPS) is 17.5. The van der Waals surface area contributed by atoms with Gasteiger partial charge in [0.15, 0.2) is 0 Å². The van der Waals surface area contributed by atoms with E-state index >= 15 is 0 Å². The lowest BCUT2D eigenvalue weighted by atomic mass is 9.72. The predicted octanol–water partition coefficient (Wildman–Crippen LogP) is 7.14. The second kappa shape index (κ2) is 8.48. The Kier molecular flexibility index (Phi) is 6.24. The van der Waals surface area contributed by atoms with Gasteiger partial charge in [-0.2, -0.15) is 0 Å². The molecule has 0 bridgehead atoms. The Morgan fingerprint density at radius 1 is 1.29 bits per heavy atom. The van der Waals surface area contributed by atoms with E-state index in [1.807, 2.05) is 25.1 Å². The fourth-order valence-corrected chi connectivity index (χ4v) is 5.14. The molecule has 0 fully saturated rings. The molecule has 3 heteroatoms. The molecule has 0 saturated carbocycles. The van der Waals surface area contributed by atoms with Crippen molar-refractivity contribution in [2.75, 3.05) is 6.54 Å². The fourth-order valence-electron chi connectivity index (χ4n) is 4.02. The molecule has 2 nitrogen and oxygen atoms in total.